The third-order valence-corrected chi connectivity index (χ3v) is 5.17. The molecule has 0 radical (unpaired) electrons. The zero-order chi connectivity index (χ0) is 16.1. The molecule has 23 heavy (non-hydrogen) atoms. The van der Waals surface area contributed by atoms with Gasteiger partial charge in [-0.25, -0.2) is 4.79 Å². The molecule has 122 valence electrons. The third-order valence-electron chi connectivity index (χ3n) is 4.12. The van der Waals surface area contributed by atoms with E-state index in [1.165, 1.54) is 0 Å². The van der Waals surface area contributed by atoms with Gasteiger partial charge in [0.15, 0.2) is 0 Å². The molecule has 1 heterocycles. The van der Waals surface area contributed by atoms with E-state index in [9.17, 15) is 4.79 Å². The molecule has 4 nitrogen and oxygen atoms in total. The molecule has 1 aliphatic heterocycles. The van der Waals surface area contributed by atoms with E-state index in [-0.39, 0.29) is 6.03 Å². The Morgan fingerprint density at radius 1 is 1.17 bits per heavy atom. The second-order valence-corrected chi connectivity index (χ2v) is 6.99. The first-order chi connectivity index (χ1) is 11.2. The number of benzene rings is 2. The van der Waals surface area contributed by atoms with Crippen molar-refractivity contribution in [2.75, 3.05) is 18.6 Å². The number of nitrogens with one attached hydrogen (secondary N) is 2. The highest BCUT2D eigenvalue weighted by molar-refractivity contribution is 7.99. The molecular formula is C18H22N2O2S. The smallest absolute Gasteiger partial charge is 0.315 e. The van der Waals surface area contributed by atoms with Crippen molar-refractivity contribution in [3.63, 3.8) is 0 Å². The molecule has 5 heteroatoms. The summed E-state index contributed by atoms with van der Waals surface area (Å²) in [6.45, 7) is 0.537. The van der Waals surface area contributed by atoms with Crippen LogP contribution in [0.1, 0.15) is 18.4 Å². The number of fused-ring (bicyclic) bond motifs is 1. The van der Waals surface area contributed by atoms with Crippen molar-refractivity contribution < 1.29 is 9.53 Å². The highest BCUT2D eigenvalue weighted by atomic mass is 32.2. The number of thioether (sulfide) groups is 1. The van der Waals surface area contributed by atoms with Gasteiger partial charge in [0.05, 0.1) is 7.11 Å². The minimum Gasteiger partial charge on any atom is -0.497 e. The van der Waals surface area contributed by atoms with E-state index >= 15 is 0 Å². The summed E-state index contributed by atoms with van der Waals surface area (Å²) in [6.07, 6.45) is 2.13. The molecule has 1 aliphatic rings. The number of rotatable bonds is 4. The first-order valence-electron chi connectivity index (χ1n) is 7.93. The summed E-state index contributed by atoms with van der Waals surface area (Å²) in [5.41, 5.74) is 1.09. The van der Waals surface area contributed by atoms with Gasteiger partial charge >= 0.3 is 6.03 Å². The molecule has 2 amide bonds. The standard InChI is InChI=1S/C18H22N2O2S/c1-22-17-5-4-14-10-13(2-3-15(14)11-17)12-19-18(21)20-16-6-8-23-9-7-16/h2-5,10-11,16H,6-9,12H2,1H3,(H2,19,20,21). The van der Waals surface area contributed by atoms with Crippen LogP contribution < -0.4 is 15.4 Å². The Morgan fingerprint density at radius 2 is 1.91 bits per heavy atom. The first-order valence-corrected chi connectivity index (χ1v) is 9.09. The highest BCUT2D eigenvalue weighted by Crippen LogP contribution is 2.22. The number of carbonyl (C=O) groups is 1. The van der Waals surface area contributed by atoms with Crippen molar-refractivity contribution in [2.45, 2.75) is 25.4 Å². The third kappa shape index (κ3) is 4.32. The second-order valence-electron chi connectivity index (χ2n) is 5.76. The maximum atomic E-state index is 12.0. The van der Waals surface area contributed by atoms with Gasteiger partial charge in [0.2, 0.25) is 0 Å². The van der Waals surface area contributed by atoms with Gasteiger partial charge < -0.3 is 15.4 Å². The summed E-state index contributed by atoms with van der Waals surface area (Å²) < 4.78 is 5.24. The van der Waals surface area contributed by atoms with Gasteiger partial charge in [-0.2, -0.15) is 11.8 Å². The highest BCUT2D eigenvalue weighted by Gasteiger charge is 2.15. The van der Waals surface area contributed by atoms with Crippen molar-refractivity contribution in [1.29, 1.82) is 0 Å². The Morgan fingerprint density at radius 3 is 2.70 bits per heavy atom. The number of methoxy groups -OCH3 is 1. The van der Waals surface area contributed by atoms with E-state index in [1.54, 1.807) is 7.11 Å². The van der Waals surface area contributed by atoms with Crippen LogP contribution in [0.25, 0.3) is 10.8 Å². The number of urea groups is 1. The van der Waals surface area contributed by atoms with Gasteiger partial charge in [-0.3, -0.25) is 0 Å². The molecule has 1 saturated heterocycles. The average molecular weight is 330 g/mol. The van der Waals surface area contributed by atoms with Crippen molar-refractivity contribution in [2.24, 2.45) is 0 Å². The molecule has 2 N–H and O–H groups in total. The van der Waals surface area contributed by atoms with Crippen LogP contribution in [0.2, 0.25) is 0 Å². The Balaban J connectivity index is 1.57. The molecule has 2 aromatic rings. The molecule has 0 aliphatic carbocycles. The summed E-state index contributed by atoms with van der Waals surface area (Å²) in [5.74, 6) is 3.13. The number of hydrogen-bond acceptors (Lipinski definition) is 3. The Labute approximate surface area is 141 Å². The number of ether oxygens (including phenoxy) is 1. The largest absolute Gasteiger partial charge is 0.497 e. The summed E-state index contributed by atoms with van der Waals surface area (Å²) in [5, 5.41) is 8.30. The lowest BCUT2D eigenvalue weighted by Crippen LogP contribution is -2.43. The van der Waals surface area contributed by atoms with E-state index in [2.05, 4.69) is 22.8 Å². The Bertz CT molecular complexity index is 684. The molecule has 0 bridgehead atoms. The van der Waals surface area contributed by atoms with Crippen LogP contribution in [-0.4, -0.2) is 30.7 Å². The van der Waals surface area contributed by atoms with E-state index < -0.39 is 0 Å². The molecule has 1 fully saturated rings. The second kappa shape index (κ2) is 7.59. The molecule has 3 rings (SSSR count). The number of hydrogen-bond donors (Lipinski definition) is 2. The Kier molecular flexibility index (Phi) is 5.28. The van der Waals surface area contributed by atoms with Crippen molar-refractivity contribution in [3.8, 4) is 5.75 Å². The summed E-state index contributed by atoms with van der Waals surface area (Å²) >= 11 is 1.96. The summed E-state index contributed by atoms with van der Waals surface area (Å²) in [6, 6.07) is 12.5. The monoisotopic (exact) mass is 330 g/mol. The van der Waals surface area contributed by atoms with Crippen LogP contribution in [0.4, 0.5) is 4.79 Å². The van der Waals surface area contributed by atoms with E-state index in [0.29, 0.717) is 12.6 Å². The minimum absolute atomic E-state index is 0.0725. The normalized spacial score (nSPS) is 15.3. The summed E-state index contributed by atoms with van der Waals surface area (Å²) in [7, 11) is 1.67. The maximum absolute atomic E-state index is 12.0. The lowest BCUT2D eigenvalue weighted by molar-refractivity contribution is 0.235. The topological polar surface area (TPSA) is 50.4 Å². The lowest BCUT2D eigenvalue weighted by Gasteiger charge is -2.22. The molecular weight excluding hydrogens is 308 g/mol. The molecule has 0 spiro atoms. The zero-order valence-electron chi connectivity index (χ0n) is 13.3. The average Bonchev–Trinajstić information content (AvgIpc) is 2.60. The minimum atomic E-state index is -0.0725. The van der Waals surface area contributed by atoms with Crippen LogP contribution in [0.5, 0.6) is 5.75 Å². The Hall–Kier alpha value is -1.88. The first kappa shape index (κ1) is 16.0. The predicted octanol–water partition coefficient (Wildman–Crippen LogP) is 3.54. The lowest BCUT2D eigenvalue weighted by atomic mass is 10.1. The van der Waals surface area contributed by atoms with Gasteiger partial charge in [0.1, 0.15) is 5.75 Å². The van der Waals surface area contributed by atoms with Crippen LogP contribution >= 0.6 is 11.8 Å². The summed E-state index contributed by atoms with van der Waals surface area (Å²) in [4.78, 5) is 12.0. The van der Waals surface area contributed by atoms with Crippen molar-refractivity contribution in [1.82, 2.24) is 10.6 Å². The fraction of sp³-hybridized carbons (Fsp3) is 0.389. The predicted molar refractivity (Wildman–Crippen MR) is 96.2 cm³/mol. The number of carbonyl (C=O) groups excluding carboxylic acids is 1. The van der Waals surface area contributed by atoms with E-state index in [1.807, 2.05) is 36.0 Å². The maximum Gasteiger partial charge on any atom is 0.315 e. The van der Waals surface area contributed by atoms with E-state index in [4.69, 9.17) is 4.74 Å². The fourth-order valence-corrected chi connectivity index (χ4v) is 3.88. The van der Waals surface area contributed by atoms with Crippen LogP contribution in [0.15, 0.2) is 36.4 Å². The fourth-order valence-electron chi connectivity index (χ4n) is 2.77. The van der Waals surface area contributed by atoms with Gasteiger partial charge in [-0.1, -0.05) is 18.2 Å². The SMILES string of the molecule is COc1ccc2cc(CNC(=O)NC3CCSCC3)ccc2c1. The van der Waals surface area contributed by atoms with Crippen LogP contribution in [0.3, 0.4) is 0 Å². The van der Waals surface area contributed by atoms with Crippen LogP contribution in [-0.2, 0) is 6.54 Å². The van der Waals surface area contributed by atoms with Crippen molar-refractivity contribution >= 4 is 28.6 Å². The number of amides is 2. The molecule has 2 aromatic carbocycles. The quantitative estimate of drug-likeness (QED) is 0.901. The molecule has 0 unspecified atom stereocenters. The van der Waals surface area contributed by atoms with Gasteiger partial charge in [-0.05, 0) is 58.9 Å². The zero-order valence-corrected chi connectivity index (χ0v) is 14.1. The van der Waals surface area contributed by atoms with Gasteiger partial charge in [-0.15, -0.1) is 0 Å². The molecule has 0 saturated carbocycles. The van der Waals surface area contributed by atoms with E-state index in [0.717, 1.165) is 46.4 Å². The van der Waals surface area contributed by atoms with Crippen molar-refractivity contribution in [3.05, 3.63) is 42.0 Å². The molecule has 0 aromatic heterocycles. The van der Waals surface area contributed by atoms with Gasteiger partial charge in [0, 0.05) is 12.6 Å². The van der Waals surface area contributed by atoms with Gasteiger partial charge in [0.25, 0.3) is 0 Å². The van der Waals surface area contributed by atoms with Crippen LogP contribution in [0, 0.1) is 0 Å². The molecule has 0 atom stereocenters.